The average molecular weight is 455 g/mol. The quantitative estimate of drug-likeness (QED) is 0.588. The van der Waals surface area contributed by atoms with E-state index in [1.54, 1.807) is 0 Å². The summed E-state index contributed by atoms with van der Waals surface area (Å²) in [6.07, 6.45) is 2.06. The fraction of sp³-hybridized carbons (Fsp3) is 0.310. The zero-order chi connectivity index (χ0) is 23.5. The third kappa shape index (κ3) is 4.01. The molecule has 0 saturated heterocycles. The lowest BCUT2D eigenvalue weighted by Crippen LogP contribution is -2.62. The molecule has 5 rings (SSSR count). The molecule has 2 aliphatic rings. The Kier molecular flexibility index (Phi) is 6.20. The maximum atomic E-state index is 14.1. The SMILES string of the molecule is O=C(CCc1ccccc1)N[C@H]1[C@@H](O)CCC[C@]12C(=O)N(Cc1ccccc1)c1ccccc12. The zero-order valence-corrected chi connectivity index (χ0v) is 19.2. The molecule has 1 aliphatic carbocycles. The second-order valence-corrected chi connectivity index (χ2v) is 9.36. The van der Waals surface area contributed by atoms with Crippen molar-refractivity contribution in [2.45, 2.75) is 56.2 Å². The number of aryl methyl sites for hydroxylation is 1. The molecule has 0 radical (unpaired) electrons. The molecule has 1 fully saturated rings. The first-order valence-corrected chi connectivity index (χ1v) is 12.1. The standard InChI is InChI=1S/C29H30N2O3/c32-25-16-9-19-29(27(25)30-26(33)18-17-21-10-3-1-4-11-21)23-14-7-8-15-24(23)31(28(29)34)20-22-12-5-2-6-13-22/h1-8,10-15,25,27,32H,9,16-20H2,(H,30,33)/t25-,27-,29+/m0/s1. The smallest absolute Gasteiger partial charge is 0.240 e. The molecule has 174 valence electrons. The number of carbonyl (C=O) groups excluding carboxylic acids is 2. The molecule has 2 N–H and O–H groups in total. The second kappa shape index (κ2) is 9.43. The van der Waals surface area contributed by atoms with Crippen LogP contribution in [0.1, 0.15) is 42.4 Å². The minimum absolute atomic E-state index is 0.0373. The predicted octanol–water partition coefficient (Wildman–Crippen LogP) is 4.13. The first-order chi connectivity index (χ1) is 16.6. The third-order valence-electron chi connectivity index (χ3n) is 7.27. The molecule has 34 heavy (non-hydrogen) atoms. The van der Waals surface area contributed by atoms with Gasteiger partial charge in [0, 0.05) is 12.1 Å². The highest BCUT2D eigenvalue weighted by atomic mass is 16.3. The molecule has 5 nitrogen and oxygen atoms in total. The largest absolute Gasteiger partial charge is 0.391 e. The van der Waals surface area contributed by atoms with Gasteiger partial charge in [-0.25, -0.2) is 0 Å². The van der Waals surface area contributed by atoms with E-state index in [1.807, 2.05) is 89.8 Å². The number of nitrogens with zero attached hydrogens (tertiary/aromatic N) is 1. The summed E-state index contributed by atoms with van der Waals surface area (Å²) in [6.45, 7) is 0.462. The number of benzene rings is 3. The summed E-state index contributed by atoms with van der Waals surface area (Å²) in [7, 11) is 0. The molecule has 5 heteroatoms. The Morgan fingerprint density at radius 2 is 1.59 bits per heavy atom. The van der Waals surface area contributed by atoms with Crippen molar-refractivity contribution in [2.24, 2.45) is 0 Å². The fourth-order valence-electron chi connectivity index (χ4n) is 5.62. The maximum Gasteiger partial charge on any atom is 0.240 e. The Morgan fingerprint density at radius 1 is 0.941 bits per heavy atom. The van der Waals surface area contributed by atoms with Crippen molar-refractivity contribution in [2.75, 3.05) is 4.90 Å². The highest BCUT2D eigenvalue weighted by Crippen LogP contribution is 2.50. The van der Waals surface area contributed by atoms with Gasteiger partial charge < -0.3 is 15.3 Å². The molecule has 1 aliphatic heterocycles. The van der Waals surface area contributed by atoms with Gasteiger partial charge in [-0.05, 0) is 48.4 Å². The molecule has 3 atom stereocenters. The number of fused-ring (bicyclic) bond motifs is 2. The summed E-state index contributed by atoms with van der Waals surface area (Å²) in [6, 6.07) is 27.0. The number of hydrogen-bond acceptors (Lipinski definition) is 3. The lowest BCUT2D eigenvalue weighted by atomic mass is 9.65. The van der Waals surface area contributed by atoms with Crippen molar-refractivity contribution in [1.82, 2.24) is 5.32 Å². The van der Waals surface area contributed by atoms with Gasteiger partial charge in [-0.1, -0.05) is 78.9 Å². The third-order valence-corrected chi connectivity index (χ3v) is 7.27. The van der Waals surface area contributed by atoms with Crippen LogP contribution in [0.25, 0.3) is 0 Å². The number of nitrogens with one attached hydrogen (secondary N) is 1. The Bertz CT molecular complexity index is 1160. The highest BCUT2D eigenvalue weighted by Gasteiger charge is 2.58. The van der Waals surface area contributed by atoms with Crippen molar-refractivity contribution in [3.8, 4) is 0 Å². The summed E-state index contributed by atoms with van der Waals surface area (Å²) in [5.41, 5.74) is 2.96. The van der Waals surface area contributed by atoms with E-state index in [0.717, 1.165) is 28.8 Å². The van der Waals surface area contributed by atoms with Crippen molar-refractivity contribution in [3.05, 3.63) is 102 Å². The van der Waals surface area contributed by atoms with Gasteiger partial charge in [-0.15, -0.1) is 0 Å². The van der Waals surface area contributed by atoms with Gasteiger partial charge >= 0.3 is 0 Å². The van der Waals surface area contributed by atoms with Crippen molar-refractivity contribution in [1.29, 1.82) is 0 Å². The van der Waals surface area contributed by atoms with E-state index in [-0.39, 0.29) is 11.8 Å². The molecule has 2 amide bonds. The van der Waals surface area contributed by atoms with E-state index in [1.165, 1.54) is 0 Å². The Morgan fingerprint density at radius 3 is 2.32 bits per heavy atom. The molecular weight excluding hydrogens is 424 g/mol. The molecule has 1 saturated carbocycles. The van der Waals surface area contributed by atoms with Crippen LogP contribution >= 0.6 is 0 Å². The molecule has 0 aromatic heterocycles. The summed E-state index contributed by atoms with van der Waals surface area (Å²) < 4.78 is 0. The van der Waals surface area contributed by atoms with Crippen LogP contribution in [-0.4, -0.2) is 29.1 Å². The van der Waals surface area contributed by atoms with Gasteiger partial charge in [-0.3, -0.25) is 9.59 Å². The van der Waals surface area contributed by atoms with E-state index in [0.29, 0.717) is 32.2 Å². The van der Waals surface area contributed by atoms with Crippen LogP contribution in [-0.2, 0) is 28.0 Å². The molecular formula is C29H30N2O3. The number of aliphatic hydroxyl groups is 1. The van der Waals surface area contributed by atoms with Gasteiger partial charge in [0.15, 0.2) is 0 Å². The summed E-state index contributed by atoms with van der Waals surface area (Å²) >= 11 is 0. The average Bonchev–Trinajstić information content (AvgIpc) is 3.10. The first kappa shape index (κ1) is 22.4. The van der Waals surface area contributed by atoms with Crippen molar-refractivity contribution >= 4 is 17.5 Å². The van der Waals surface area contributed by atoms with Crippen molar-refractivity contribution in [3.63, 3.8) is 0 Å². The van der Waals surface area contributed by atoms with Gasteiger partial charge in [0.1, 0.15) is 0 Å². The highest BCUT2D eigenvalue weighted by molar-refractivity contribution is 6.09. The maximum absolute atomic E-state index is 14.1. The molecule has 0 bridgehead atoms. The van der Waals surface area contributed by atoms with Gasteiger partial charge in [0.05, 0.1) is 24.1 Å². The van der Waals surface area contributed by atoms with Crippen LogP contribution in [0.4, 0.5) is 5.69 Å². The minimum atomic E-state index is -0.953. The second-order valence-electron chi connectivity index (χ2n) is 9.36. The van der Waals surface area contributed by atoms with Crippen LogP contribution in [0.3, 0.4) is 0 Å². The van der Waals surface area contributed by atoms with Crippen molar-refractivity contribution < 1.29 is 14.7 Å². The zero-order valence-electron chi connectivity index (χ0n) is 19.2. The number of hydrogen-bond donors (Lipinski definition) is 2. The topological polar surface area (TPSA) is 69.6 Å². The Hall–Kier alpha value is -3.44. The number of aliphatic hydroxyl groups excluding tert-OH is 1. The van der Waals surface area contributed by atoms with Gasteiger partial charge in [0.2, 0.25) is 11.8 Å². The first-order valence-electron chi connectivity index (χ1n) is 12.1. The number of rotatable bonds is 6. The monoisotopic (exact) mass is 454 g/mol. The number of amides is 2. The summed E-state index contributed by atoms with van der Waals surface area (Å²) in [4.78, 5) is 29.0. The summed E-state index contributed by atoms with van der Waals surface area (Å²) in [5, 5.41) is 14.2. The van der Waals surface area contributed by atoms with Crippen LogP contribution in [0.15, 0.2) is 84.9 Å². The molecule has 1 heterocycles. The number of para-hydroxylation sites is 1. The molecule has 3 aromatic carbocycles. The van der Waals surface area contributed by atoms with E-state index in [2.05, 4.69) is 5.32 Å². The van der Waals surface area contributed by atoms with Gasteiger partial charge in [-0.2, -0.15) is 0 Å². The van der Waals surface area contributed by atoms with Crippen LogP contribution in [0, 0.1) is 0 Å². The van der Waals surface area contributed by atoms with Crippen LogP contribution in [0.5, 0.6) is 0 Å². The van der Waals surface area contributed by atoms with E-state index in [4.69, 9.17) is 0 Å². The Labute approximate surface area is 200 Å². The predicted molar refractivity (Wildman–Crippen MR) is 132 cm³/mol. The van der Waals surface area contributed by atoms with Crippen LogP contribution < -0.4 is 10.2 Å². The normalized spacial score (nSPS) is 23.7. The fourth-order valence-corrected chi connectivity index (χ4v) is 5.62. The Balaban J connectivity index is 1.44. The molecule has 3 aromatic rings. The minimum Gasteiger partial charge on any atom is -0.391 e. The lowest BCUT2D eigenvalue weighted by Gasteiger charge is -2.43. The van der Waals surface area contributed by atoms with Gasteiger partial charge in [0.25, 0.3) is 0 Å². The van der Waals surface area contributed by atoms with E-state index >= 15 is 0 Å². The molecule has 1 spiro atoms. The molecule has 0 unspecified atom stereocenters. The lowest BCUT2D eigenvalue weighted by molar-refractivity contribution is -0.131. The van der Waals surface area contributed by atoms with E-state index in [9.17, 15) is 14.7 Å². The number of carbonyl (C=O) groups is 2. The summed E-state index contributed by atoms with van der Waals surface area (Å²) in [5.74, 6) is -0.175. The number of anilines is 1. The van der Waals surface area contributed by atoms with Crippen LogP contribution in [0.2, 0.25) is 0 Å². The van der Waals surface area contributed by atoms with E-state index < -0.39 is 17.6 Å².